The van der Waals surface area contributed by atoms with Crippen molar-refractivity contribution in [2.75, 3.05) is 12.8 Å². The van der Waals surface area contributed by atoms with Gasteiger partial charge in [0.25, 0.3) is 0 Å². The molecule has 0 saturated carbocycles. The summed E-state index contributed by atoms with van der Waals surface area (Å²) < 4.78 is 26.1. The van der Waals surface area contributed by atoms with Crippen LogP contribution >= 0.6 is 21.0 Å². The van der Waals surface area contributed by atoms with Gasteiger partial charge in [-0.1, -0.05) is 111 Å². The number of aliphatic imine (C=N–C) groups is 1. The highest BCUT2D eigenvalue weighted by atomic mass is 32.2. The van der Waals surface area contributed by atoms with E-state index in [0.29, 0.717) is 54.2 Å². The van der Waals surface area contributed by atoms with Crippen LogP contribution in [0.3, 0.4) is 0 Å². The van der Waals surface area contributed by atoms with Crippen LogP contribution in [0.2, 0.25) is 0 Å². The van der Waals surface area contributed by atoms with Crippen LogP contribution in [0, 0.1) is 5.92 Å². The predicted octanol–water partition coefficient (Wildman–Crippen LogP) is 11.1. The van der Waals surface area contributed by atoms with E-state index < -0.39 is 16.6 Å². The highest BCUT2D eigenvalue weighted by Gasteiger charge is 2.33. The van der Waals surface area contributed by atoms with Gasteiger partial charge in [0.05, 0.1) is 5.54 Å². The quantitative estimate of drug-likeness (QED) is 0.0458. The Morgan fingerprint density at radius 2 is 1.82 bits per heavy atom. The molecule has 7 nitrogen and oxygen atoms in total. The van der Waals surface area contributed by atoms with Gasteiger partial charge >= 0.3 is 11.0 Å². The van der Waals surface area contributed by atoms with E-state index in [1.54, 1.807) is 51.4 Å². The van der Waals surface area contributed by atoms with Crippen LogP contribution in [-0.4, -0.2) is 56.3 Å². The first kappa shape index (κ1) is 50.3. The summed E-state index contributed by atoms with van der Waals surface area (Å²) in [6.45, 7) is 25.4. The van der Waals surface area contributed by atoms with Crippen molar-refractivity contribution < 1.29 is 18.4 Å². The monoisotopic (exact) mass is 723 g/mol. The number of halogens is 2. The van der Waals surface area contributed by atoms with Crippen LogP contribution in [0.4, 0.5) is 19.4 Å². The fourth-order valence-corrected chi connectivity index (χ4v) is 4.51. The lowest BCUT2D eigenvalue weighted by Gasteiger charge is -2.37. The first-order chi connectivity index (χ1) is 23.1. The minimum absolute atomic E-state index is 0.0737. The number of carbonyl (C=O) groups is 2. The van der Waals surface area contributed by atoms with Crippen molar-refractivity contribution >= 4 is 45.0 Å². The molecule has 1 aromatic heterocycles. The first-order valence-electron chi connectivity index (χ1n) is 17.0. The number of hydrogen-bond donors (Lipinski definition) is 1. The molecule has 0 aliphatic heterocycles. The van der Waals surface area contributed by atoms with Gasteiger partial charge < -0.3 is 15.4 Å². The summed E-state index contributed by atoms with van der Waals surface area (Å²) in [6.07, 6.45) is 17.9. The summed E-state index contributed by atoms with van der Waals surface area (Å²) in [7, 11) is 3.07. The number of pyridine rings is 1. The number of aldehydes is 1. The number of carbonyl (C=O) groups excluding carboxylic acids is 2. The van der Waals surface area contributed by atoms with Crippen LogP contribution in [0.25, 0.3) is 0 Å². The minimum Gasteiger partial charge on any atom is -0.387 e. The molecule has 2 unspecified atom stereocenters. The number of amides is 2. The third-order valence-corrected chi connectivity index (χ3v) is 7.84. The summed E-state index contributed by atoms with van der Waals surface area (Å²) in [5, 5.41) is 0. The van der Waals surface area contributed by atoms with E-state index in [9.17, 15) is 18.4 Å². The Kier molecular flexibility index (Phi) is 29.5. The van der Waals surface area contributed by atoms with E-state index >= 15 is 0 Å². The molecule has 0 aliphatic carbocycles. The lowest BCUT2D eigenvalue weighted by Crippen LogP contribution is -2.52. The lowest BCUT2D eigenvalue weighted by atomic mass is 9.98. The van der Waals surface area contributed by atoms with Gasteiger partial charge in [-0.15, -0.1) is 6.58 Å². The molecule has 0 bridgehead atoms. The Labute approximate surface area is 303 Å². The second-order valence-electron chi connectivity index (χ2n) is 10.7. The molecule has 0 aromatic carbocycles. The number of nitrogens with zero attached hydrogens (tertiary/aromatic N) is 4. The molecule has 49 heavy (non-hydrogen) atoms. The summed E-state index contributed by atoms with van der Waals surface area (Å²) >= 11 is 0.467. The normalized spacial score (nSPS) is 12.9. The highest BCUT2D eigenvalue weighted by molar-refractivity contribution is 8.03. The number of rotatable bonds is 16. The number of alkyl halides is 2. The molecule has 2 N–H and O–H groups in total. The van der Waals surface area contributed by atoms with E-state index in [-0.39, 0.29) is 12.3 Å². The number of hydrogen-bond acceptors (Lipinski definition) is 5. The standard InChI is InChI=1S/C23H34F2N5O2PS.C11H18.2C2H6/c1-6-9-18(10-8-13-34-23(24,25)33)29(5)21(32)30(22(3,4)16-31)15-17-11-12-27-20(14-17)28-19(26)7-2;1-5-8-9-10(4)11(6-2)7-3;2*1-2/h8-12,14,16H,6-7,13,15,33H2,1-5H3,(H2,26,27,28);5-6,8-9,11H,2,7H2,1,3-4H3;2*1-2H3/b10-8-,18-9+;8-5-,10-9-;;. The van der Waals surface area contributed by atoms with Gasteiger partial charge in [0, 0.05) is 37.7 Å². The lowest BCUT2D eigenvalue weighted by molar-refractivity contribution is -0.115. The molecule has 0 saturated heterocycles. The van der Waals surface area contributed by atoms with Crippen LogP contribution in [0.15, 0.2) is 83.7 Å². The van der Waals surface area contributed by atoms with Gasteiger partial charge in [0.15, 0.2) is 5.82 Å². The summed E-state index contributed by atoms with van der Waals surface area (Å²) in [6, 6.07) is 3.04. The fraction of sp³-hybridized carbons (Fsp3) is 0.526. The van der Waals surface area contributed by atoms with Gasteiger partial charge in [0.2, 0.25) is 0 Å². The van der Waals surface area contributed by atoms with Crippen molar-refractivity contribution in [3.63, 3.8) is 0 Å². The number of likely N-dealkylation sites (N-methyl/N-ethyl adjacent to an activating group) is 1. The Morgan fingerprint density at radius 1 is 1.20 bits per heavy atom. The topological polar surface area (TPSA) is 91.9 Å². The van der Waals surface area contributed by atoms with Crippen LogP contribution in [-0.2, 0) is 11.3 Å². The van der Waals surface area contributed by atoms with E-state index in [1.807, 2.05) is 66.7 Å². The van der Waals surface area contributed by atoms with Crippen LogP contribution in [0.1, 0.15) is 101 Å². The van der Waals surface area contributed by atoms with Gasteiger partial charge in [-0.25, -0.2) is 14.8 Å². The Hall–Kier alpha value is -3.10. The third-order valence-electron chi connectivity index (χ3n) is 6.59. The maximum absolute atomic E-state index is 13.5. The first-order valence-corrected chi connectivity index (χ1v) is 18.6. The molecular formula is C38H64F2N5O2PS. The van der Waals surface area contributed by atoms with Crippen molar-refractivity contribution in [2.45, 2.75) is 113 Å². The molecule has 1 heterocycles. The third kappa shape index (κ3) is 22.3. The molecular weight excluding hydrogens is 659 g/mol. The number of thioether (sulfide) groups is 1. The zero-order chi connectivity index (χ0) is 38.6. The van der Waals surface area contributed by atoms with Crippen LogP contribution < -0.4 is 5.73 Å². The largest absolute Gasteiger partial charge is 0.387 e. The minimum atomic E-state index is -2.92. The molecule has 11 heteroatoms. The van der Waals surface area contributed by atoms with Crippen molar-refractivity contribution in [1.82, 2.24) is 14.8 Å². The molecule has 1 rings (SSSR count). The molecule has 0 spiro atoms. The molecule has 0 radical (unpaired) electrons. The second-order valence-corrected chi connectivity index (χ2v) is 13.0. The Balaban J connectivity index is -0.00000118. The fourth-order valence-electron chi connectivity index (χ4n) is 3.80. The van der Waals surface area contributed by atoms with Crippen molar-refractivity contribution in [1.29, 1.82) is 0 Å². The maximum atomic E-state index is 13.5. The molecule has 2 amide bonds. The summed E-state index contributed by atoms with van der Waals surface area (Å²) in [5.41, 5.74) is 7.35. The van der Waals surface area contributed by atoms with E-state index in [0.717, 1.165) is 12.0 Å². The Bertz CT molecular complexity index is 1240. The number of aromatic nitrogens is 1. The average Bonchev–Trinajstić information content (AvgIpc) is 3.09. The molecule has 0 aliphatic rings. The van der Waals surface area contributed by atoms with Crippen molar-refractivity contribution in [3.05, 3.63) is 84.3 Å². The highest BCUT2D eigenvalue weighted by Crippen LogP contribution is 2.35. The zero-order valence-electron chi connectivity index (χ0n) is 32.1. The van der Waals surface area contributed by atoms with Gasteiger partial charge in [-0.3, -0.25) is 4.90 Å². The van der Waals surface area contributed by atoms with E-state index in [2.05, 4.69) is 42.6 Å². The van der Waals surface area contributed by atoms with Gasteiger partial charge in [-0.05, 0) is 70.2 Å². The molecule has 0 fully saturated rings. The van der Waals surface area contributed by atoms with E-state index in [1.165, 1.54) is 24.6 Å². The van der Waals surface area contributed by atoms with Gasteiger partial charge in [0.1, 0.15) is 12.1 Å². The SMILES string of the molecule is C=CC(CC)/C(C)=C\C=C/C.CC.CC.CC/C=C(\C=C/CSC(F)(F)P)N(C)C(=O)N(Cc1ccnc(N=C(N)CC)c1)C(C)(C)C=O. The summed E-state index contributed by atoms with van der Waals surface area (Å²) in [4.78, 5) is 33.7. The number of allylic oxidation sites excluding steroid dienone is 7. The molecule has 1 aromatic rings. The predicted molar refractivity (Wildman–Crippen MR) is 215 cm³/mol. The zero-order valence-corrected chi connectivity index (χ0v) is 34.1. The van der Waals surface area contributed by atoms with Crippen molar-refractivity contribution in [3.8, 4) is 0 Å². The number of nitrogens with two attached hydrogens (primary N) is 1. The van der Waals surface area contributed by atoms with Crippen molar-refractivity contribution in [2.24, 2.45) is 16.6 Å². The number of amidine groups is 1. The van der Waals surface area contributed by atoms with E-state index in [4.69, 9.17) is 5.73 Å². The summed E-state index contributed by atoms with van der Waals surface area (Å²) in [5.74, 6) is 1.47. The number of urea groups is 1. The maximum Gasteiger partial charge on any atom is 0.325 e. The molecule has 278 valence electrons. The second kappa shape index (κ2) is 28.7. The van der Waals surface area contributed by atoms with Gasteiger partial charge in [-0.2, -0.15) is 8.78 Å². The van der Waals surface area contributed by atoms with Crippen LogP contribution in [0.5, 0.6) is 0 Å². The Morgan fingerprint density at radius 3 is 2.29 bits per heavy atom. The smallest absolute Gasteiger partial charge is 0.325 e. The average molecular weight is 724 g/mol. The molecule has 2 atom stereocenters.